The van der Waals surface area contributed by atoms with E-state index in [0.29, 0.717) is 13.1 Å². The Morgan fingerprint density at radius 1 is 1.31 bits per heavy atom. The van der Waals surface area contributed by atoms with E-state index in [-0.39, 0.29) is 10.8 Å². The van der Waals surface area contributed by atoms with E-state index in [4.69, 9.17) is 11.6 Å². The molecule has 1 aromatic carbocycles. The predicted molar refractivity (Wildman–Crippen MR) is 60.5 cm³/mol. The fourth-order valence-electron chi connectivity index (χ4n) is 1.37. The van der Waals surface area contributed by atoms with E-state index >= 15 is 0 Å². The van der Waals surface area contributed by atoms with Crippen LogP contribution >= 0.6 is 11.6 Å². The monoisotopic (exact) mass is 239 g/mol. The highest BCUT2D eigenvalue weighted by Crippen LogP contribution is 2.15. The zero-order valence-electron chi connectivity index (χ0n) is 8.50. The Bertz CT molecular complexity index is 456. The molecule has 84 valence electrons. The molecular weight excluding hydrogens is 229 g/mol. The predicted octanol–water partition coefficient (Wildman–Crippen LogP) is 2.49. The van der Waals surface area contributed by atoms with Gasteiger partial charge in [-0.2, -0.15) is 5.10 Å². The Morgan fingerprint density at radius 3 is 2.88 bits per heavy atom. The van der Waals surface area contributed by atoms with Crippen molar-refractivity contribution in [1.82, 2.24) is 15.5 Å². The Hall–Kier alpha value is -1.39. The fourth-order valence-corrected chi connectivity index (χ4v) is 1.49. The van der Waals surface area contributed by atoms with Crippen molar-refractivity contribution in [3.8, 4) is 0 Å². The van der Waals surface area contributed by atoms with Crippen molar-refractivity contribution >= 4 is 11.6 Å². The summed E-state index contributed by atoms with van der Waals surface area (Å²) in [6.07, 6.45) is 1.69. The summed E-state index contributed by atoms with van der Waals surface area (Å²) in [5.41, 5.74) is 1.86. The van der Waals surface area contributed by atoms with Gasteiger partial charge in [-0.3, -0.25) is 5.10 Å². The van der Waals surface area contributed by atoms with Crippen LogP contribution in [0.15, 0.2) is 30.5 Å². The molecule has 2 rings (SSSR count). The molecule has 1 heterocycles. The Kier molecular flexibility index (Phi) is 3.54. The minimum atomic E-state index is -0.387. The number of hydrogen-bond acceptors (Lipinski definition) is 2. The van der Waals surface area contributed by atoms with Gasteiger partial charge in [0.05, 0.1) is 5.02 Å². The van der Waals surface area contributed by atoms with E-state index in [2.05, 4.69) is 15.5 Å². The number of halogens is 2. The Balaban J connectivity index is 1.87. The zero-order valence-corrected chi connectivity index (χ0v) is 9.26. The summed E-state index contributed by atoms with van der Waals surface area (Å²) in [5, 5.41) is 9.99. The first-order valence-electron chi connectivity index (χ1n) is 4.88. The lowest BCUT2D eigenvalue weighted by Crippen LogP contribution is -2.13. The number of aromatic amines is 1. The highest BCUT2D eigenvalue weighted by atomic mass is 35.5. The van der Waals surface area contributed by atoms with Gasteiger partial charge in [0.25, 0.3) is 0 Å². The minimum Gasteiger partial charge on any atom is -0.307 e. The molecule has 0 radical (unpaired) electrons. The third-order valence-corrected chi connectivity index (χ3v) is 2.49. The van der Waals surface area contributed by atoms with Gasteiger partial charge in [0, 0.05) is 25.0 Å². The third kappa shape index (κ3) is 2.81. The summed E-state index contributed by atoms with van der Waals surface area (Å²) < 4.78 is 13.1. The van der Waals surface area contributed by atoms with E-state index in [9.17, 15) is 4.39 Å². The molecule has 0 aliphatic rings. The number of benzene rings is 1. The second kappa shape index (κ2) is 5.09. The summed E-state index contributed by atoms with van der Waals surface area (Å²) >= 11 is 5.59. The maximum Gasteiger partial charge on any atom is 0.142 e. The topological polar surface area (TPSA) is 40.7 Å². The van der Waals surface area contributed by atoms with Crippen molar-refractivity contribution in [2.75, 3.05) is 0 Å². The lowest BCUT2D eigenvalue weighted by atomic mass is 10.2. The molecule has 0 saturated carbocycles. The van der Waals surface area contributed by atoms with Gasteiger partial charge in [0.2, 0.25) is 0 Å². The van der Waals surface area contributed by atoms with E-state index in [1.54, 1.807) is 18.3 Å². The maximum atomic E-state index is 13.1. The van der Waals surface area contributed by atoms with Gasteiger partial charge >= 0.3 is 0 Å². The second-order valence-corrected chi connectivity index (χ2v) is 3.84. The lowest BCUT2D eigenvalue weighted by Gasteiger charge is -2.04. The lowest BCUT2D eigenvalue weighted by molar-refractivity contribution is 0.619. The first-order valence-corrected chi connectivity index (χ1v) is 5.26. The van der Waals surface area contributed by atoms with Gasteiger partial charge in [-0.25, -0.2) is 4.39 Å². The first-order chi connectivity index (χ1) is 7.75. The SMILES string of the molecule is Fc1cc(CNCc2ccn[nH]2)ccc1Cl. The van der Waals surface area contributed by atoms with Crippen LogP contribution in [0.3, 0.4) is 0 Å². The molecule has 2 N–H and O–H groups in total. The third-order valence-electron chi connectivity index (χ3n) is 2.19. The van der Waals surface area contributed by atoms with Gasteiger partial charge < -0.3 is 5.32 Å². The average molecular weight is 240 g/mol. The van der Waals surface area contributed by atoms with Crippen molar-refractivity contribution < 1.29 is 4.39 Å². The molecule has 0 aliphatic heterocycles. The van der Waals surface area contributed by atoms with Crippen LogP contribution in [0.2, 0.25) is 5.02 Å². The van der Waals surface area contributed by atoms with Crippen LogP contribution in [-0.4, -0.2) is 10.2 Å². The second-order valence-electron chi connectivity index (χ2n) is 3.43. The van der Waals surface area contributed by atoms with Crippen molar-refractivity contribution in [2.45, 2.75) is 13.1 Å². The van der Waals surface area contributed by atoms with Crippen LogP contribution < -0.4 is 5.32 Å². The van der Waals surface area contributed by atoms with Crippen molar-refractivity contribution in [2.24, 2.45) is 0 Å². The Morgan fingerprint density at radius 2 is 2.19 bits per heavy atom. The number of nitrogens with zero attached hydrogens (tertiary/aromatic N) is 1. The molecule has 0 aliphatic carbocycles. The summed E-state index contributed by atoms with van der Waals surface area (Å²) in [6, 6.07) is 6.67. The standard InChI is InChI=1S/C11H11ClFN3/c12-10-2-1-8(5-11(10)13)6-14-7-9-3-4-15-16-9/h1-5,14H,6-7H2,(H,15,16). The molecule has 3 nitrogen and oxygen atoms in total. The molecule has 0 amide bonds. The molecule has 16 heavy (non-hydrogen) atoms. The molecule has 1 aromatic heterocycles. The number of H-pyrrole nitrogens is 1. The van der Waals surface area contributed by atoms with Crippen LogP contribution in [0.1, 0.15) is 11.3 Å². The van der Waals surface area contributed by atoms with E-state index in [1.165, 1.54) is 6.07 Å². The fraction of sp³-hybridized carbons (Fsp3) is 0.182. The highest BCUT2D eigenvalue weighted by Gasteiger charge is 2.00. The van der Waals surface area contributed by atoms with Gasteiger partial charge in [-0.05, 0) is 23.8 Å². The van der Waals surface area contributed by atoms with Crippen LogP contribution in [-0.2, 0) is 13.1 Å². The number of nitrogens with one attached hydrogen (secondary N) is 2. The zero-order chi connectivity index (χ0) is 11.4. The van der Waals surface area contributed by atoms with Crippen molar-refractivity contribution in [3.05, 3.63) is 52.6 Å². The summed E-state index contributed by atoms with van der Waals surface area (Å²) in [6.45, 7) is 1.26. The summed E-state index contributed by atoms with van der Waals surface area (Å²) in [7, 11) is 0. The largest absolute Gasteiger partial charge is 0.307 e. The summed E-state index contributed by atoms with van der Waals surface area (Å²) in [5.74, 6) is -0.387. The maximum absolute atomic E-state index is 13.1. The first kappa shape index (κ1) is 11.1. The van der Waals surface area contributed by atoms with Crippen molar-refractivity contribution in [3.63, 3.8) is 0 Å². The van der Waals surface area contributed by atoms with Gasteiger partial charge in [-0.15, -0.1) is 0 Å². The van der Waals surface area contributed by atoms with Crippen LogP contribution in [0.25, 0.3) is 0 Å². The van der Waals surface area contributed by atoms with Gasteiger partial charge in [0.15, 0.2) is 0 Å². The molecule has 0 atom stereocenters. The molecule has 0 bridgehead atoms. The average Bonchev–Trinajstić information content (AvgIpc) is 2.76. The molecule has 0 unspecified atom stereocenters. The highest BCUT2D eigenvalue weighted by molar-refractivity contribution is 6.30. The number of rotatable bonds is 4. The van der Waals surface area contributed by atoms with Crippen LogP contribution in [0.5, 0.6) is 0 Å². The number of hydrogen-bond donors (Lipinski definition) is 2. The molecule has 2 aromatic rings. The molecular formula is C11H11ClFN3. The molecule has 0 fully saturated rings. The molecule has 5 heteroatoms. The summed E-state index contributed by atoms with van der Waals surface area (Å²) in [4.78, 5) is 0. The minimum absolute atomic E-state index is 0.150. The molecule has 0 spiro atoms. The van der Waals surface area contributed by atoms with E-state index in [0.717, 1.165) is 11.3 Å². The van der Waals surface area contributed by atoms with Crippen LogP contribution in [0.4, 0.5) is 4.39 Å². The van der Waals surface area contributed by atoms with Crippen LogP contribution in [0, 0.1) is 5.82 Å². The normalized spacial score (nSPS) is 10.6. The number of aromatic nitrogens is 2. The smallest absolute Gasteiger partial charge is 0.142 e. The van der Waals surface area contributed by atoms with E-state index in [1.807, 2.05) is 6.07 Å². The van der Waals surface area contributed by atoms with Gasteiger partial charge in [-0.1, -0.05) is 17.7 Å². The molecule has 0 saturated heterocycles. The van der Waals surface area contributed by atoms with Crippen molar-refractivity contribution in [1.29, 1.82) is 0 Å². The van der Waals surface area contributed by atoms with E-state index < -0.39 is 0 Å². The quantitative estimate of drug-likeness (QED) is 0.861. The Labute approximate surface area is 97.6 Å². The van der Waals surface area contributed by atoms with Gasteiger partial charge in [0.1, 0.15) is 5.82 Å².